The lowest BCUT2D eigenvalue weighted by Crippen LogP contribution is -2.39. The first-order valence-electron chi connectivity index (χ1n) is 8.50. The van der Waals surface area contributed by atoms with Crippen LogP contribution in [0.1, 0.15) is 51.9 Å². The molecule has 23 heavy (non-hydrogen) atoms. The fourth-order valence-corrected chi connectivity index (χ4v) is 3.88. The highest BCUT2D eigenvalue weighted by Crippen LogP contribution is 2.25. The van der Waals surface area contributed by atoms with Crippen molar-refractivity contribution in [2.24, 2.45) is 0 Å². The third kappa shape index (κ3) is 4.44. The van der Waals surface area contributed by atoms with Crippen LogP contribution in [0.5, 0.6) is 0 Å². The van der Waals surface area contributed by atoms with E-state index in [0.29, 0.717) is 28.3 Å². The van der Waals surface area contributed by atoms with E-state index >= 15 is 0 Å². The topological polar surface area (TPSA) is 53.1 Å². The van der Waals surface area contributed by atoms with Gasteiger partial charge in [-0.1, -0.05) is 24.4 Å². The number of aromatic nitrogens is 2. The van der Waals surface area contributed by atoms with Gasteiger partial charge in [-0.3, -0.25) is 0 Å². The number of thiocarbonyl (C=S) groups is 1. The van der Waals surface area contributed by atoms with Gasteiger partial charge in [-0.15, -0.1) is 0 Å². The van der Waals surface area contributed by atoms with Crippen molar-refractivity contribution in [3.8, 4) is 0 Å². The summed E-state index contributed by atoms with van der Waals surface area (Å²) in [5.74, 6) is 1.35. The quantitative estimate of drug-likeness (QED) is 0.637. The molecule has 0 unspecified atom stereocenters. The van der Waals surface area contributed by atoms with Crippen LogP contribution in [0.2, 0.25) is 5.15 Å². The number of piperidine rings is 1. The van der Waals surface area contributed by atoms with Gasteiger partial charge in [0.05, 0.1) is 0 Å². The fraction of sp³-hybridized carbons (Fsp3) is 0.688. The molecule has 0 radical (unpaired) electrons. The molecule has 1 aliphatic heterocycles. The Morgan fingerprint density at radius 2 is 1.96 bits per heavy atom. The number of nitrogens with one attached hydrogen (secondary N) is 2. The number of anilines is 2. The Morgan fingerprint density at radius 1 is 1.22 bits per heavy atom. The van der Waals surface area contributed by atoms with Crippen LogP contribution in [0.3, 0.4) is 0 Å². The maximum atomic E-state index is 6.19. The summed E-state index contributed by atoms with van der Waals surface area (Å²) >= 11 is 11.6. The van der Waals surface area contributed by atoms with Gasteiger partial charge in [-0.2, -0.15) is 4.98 Å². The first-order chi connectivity index (χ1) is 11.1. The summed E-state index contributed by atoms with van der Waals surface area (Å²) < 4.78 is 0. The Kier molecular flexibility index (Phi) is 5.54. The van der Waals surface area contributed by atoms with Crippen LogP contribution in [0.15, 0.2) is 6.07 Å². The molecule has 5 nitrogen and oxygen atoms in total. The SMILES string of the molecule is C[C@H]1CCCCN1c1cc(Cl)nc(NC(=S)NC2CCCC2)n1. The third-order valence-electron chi connectivity index (χ3n) is 4.69. The van der Waals surface area contributed by atoms with Gasteiger partial charge in [-0.05, 0) is 51.2 Å². The summed E-state index contributed by atoms with van der Waals surface area (Å²) in [5.41, 5.74) is 0. The molecule has 0 spiro atoms. The maximum Gasteiger partial charge on any atom is 0.232 e. The molecular formula is C16H24ClN5S. The minimum absolute atomic E-state index is 0.443. The first kappa shape index (κ1) is 16.7. The number of halogens is 1. The van der Waals surface area contributed by atoms with E-state index in [1.165, 1.54) is 44.9 Å². The lowest BCUT2D eigenvalue weighted by atomic mass is 10.0. The van der Waals surface area contributed by atoms with E-state index in [0.717, 1.165) is 12.4 Å². The molecule has 1 atom stereocenters. The number of hydrogen-bond donors (Lipinski definition) is 2. The standard InChI is InChI=1S/C16H24ClN5S/c1-11-6-4-5-9-22(11)14-10-13(17)19-15(20-14)21-16(23)18-12-7-2-3-8-12/h10-12H,2-9H2,1H3,(H2,18,19,20,21,23)/t11-/m0/s1. The molecule has 0 bridgehead atoms. The molecule has 126 valence electrons. The Hall–Kier alpha value is -1.14. The molecule has 0 aromatic carbocycles. The van der Waals surface area contributed by atoms with Gasteiger partial charge in [0.1, 0.15) is 11.0 Å². The highest BCUT2D eigenvalue weighted by molar-refractivity contribution is 7.80. The summed E-state index contributed by atoms with van der Waals surface area (Å²) in [6, 6.07) is 2.78. The maximum absolute atomic E-state index is 6.19. The highest BCUT2D eigenvalue weighted by Gasteiger charge is 2.21. The molecule has 2 aliphatic rings. The molecule has 0 amide bonds. The summed E-state index contributed by atoms with van der Waals surface area (Å²) in [7, 11) is 0. The van der Waals surface area contributed by atoms with E-state index in [9.17, 15) is 0 Å². The number of hydrogen-bond acceptors (Lipinski definition) is 4. The molecule has 7 heteroatoms. The van der Waals surface area contributed by atoms with Gasteiger partial charge in [0.2, 0.25) is 5.95 Å². The van der Waals surface area contributed by atoms with Crippen LogP contribution < -0.4 is 15.5 Å². The van der Waals surface area contributed by atoms with Gasteiger partial charge >= 0.3 is 0 Å². The van der Waals surface area contributed by atoms with E-state index in [1.54, 1.807) is 0 Å². The summed E-state index contributed by atoms with van der Waals surface area (Å²) in [4.78, 5) is 11.2. The van der Waals surface area contributed by atoms with Gasteiger partial charge in [0.25, 0.3) is 0 Å². The minimum atomic E-state index is 0.443. The van der Waals surface area contributed by atoms with Crippen LogP contribution in [0.25, 0.3) is 0 Å². The zero-order valence-corrected chi connectivity index (χ0v) is 15.1. The van der Waals surface area contributed by atoms with E-state index in [4.69, 9.17) is 23.8 Å². The Bertz CT molecular complexity index is 561. The highest BCUT2D eigenvalue weighted by atomic mass is 35.5. The van der Waals surface area contributed by atoms with Gasteiger partial charge in [0, 0.05) is 24.7 Å². The van der Waals surface area contributed by atoms with Gasteiger partial charge in [-0.25, -0.2) is 4.98 Å². The predicted octanol–water partition coefficient (Wildman–Crippen LogP) is 3.74. The van der Waals surface area contributed by atoms with Crippen molar-refractivity contribution in [3.05, 3.63) is 11.2 Å². The van der Waals surface area contributed by atoms with E-state index < -0.39 is 0 Å². The summed E-state index contributed by atoms with van der Waals surface area (Å²) in [6.07, 6.45) is 8.54. The van der Waals surface area contributed by atoms with Crippen LogP contribution in [0.4, 0.5) is 11.8 Å². The van der Waals surface area contributed by atoms with Crippen molar-refractivity contribution in [1.29, 1.82) is 0 Å². The molecule has 1 aromatic rings. The van der Waals surface area contributed by atoms with Crippen molar-refractivity contribution in [1.82, 2.24) is 15.3 Å². The van der Waals surface area contributed by atoms with Crippen LogP contribution in [-0.2, 0) is 0 Å². The molecule has 1 saturated carbocycles. The largest absolute Gasteiger partial charge is 0.360 e. The van der Waals surface area contributed by atoms with Gasteiger partial charge < -0.3 is 15.5 Å². The van der Waals surface area contributed by atoms with E-state index in [1.807, 2.05) is 6.07 Å². The van der Waals surface area contributed by atoms with Crippen molar-refractivity contribution in [2.75, 3.05) is 16.8 Å². The van der Waals surface area contributed by atoms with Crippen LogP contribution in [-0.4, -0.2) is 33.7 Å². The zero-order valence-electron chi connectivity index (χ0n) is 13.5. The van der Waals surface area contributed by atoms with Crippen molar-refractivity contribution in [2.45, 2.75) is 64.0 Å². The average Bonchev–Trinajstić information content (AvgIpc) is 2.99. The fourth-order valence-electron chi connectivity index (χ4n) is 3.44. The summed E-state index contributed by atoms with van der Waals surface area (Å²) in [5, 5.41) is 7.45. The molecular weight excluding hydrogens is 330 g/mol. The lowest BCUT2D eigenvalue weighted by molar-refractivity contribution is 0.481. The summed E-state index contributed by atoms with van der Waals surface area (Å²) in [6.45, 7) is 3.24. The molecule has 1 saturated heterocycles. The molecule has 3 rings (SSSR count). The van der Waals surface area contributed by atoms with Crippen molar-refractivity contribution in [3.63, 3.8) is 0 Å². The Balaban J connectivity index is 1.68. The smallest absolute Gasteiger partial charge is 0.232 e. The van der Waals surface area contributed by atoms with E-state index in [-0.39, 0.29) is 0 Å². The van der Waals surface area contributed by atoms with Crippen molar-refractivity contribution < 1.29 is 0 Å². The monoisotopic (exact) mass is 353 g/mol. The molecule has 1 aromatic heterocycles. The van der Waals surface area contributed by atoms with Crippen molar-refractivity contribution >= 4 is 40.7 Å². The molecule has 2 N–H and O–H groups in total. The Labute approximate surface area is 148 Å². The van der Waals surface area contributed by atoms with Gasteiger partial charge in [0.15, 0.2) is 5.11 Å². The first-order valence-corrected chi connectivity index (χ1v) is 9.29. The Morgan fingerprint density at radius 3 is 2.70 bits per heavy atom. The second-order valence-electron chi connectivity index (χ2n) is 6.49. The number of nitrogens with zero attached hydrogens (tertiary/aromatic N) is 3. The van der Waals surface area contributed by atoms with E-state index in [2.05, 4.69) is 32.4 Å². The normalized spacial score (nSPS) is 22.2. The predicted molar refractivity (Wildman–Crippen MR) is 99.3 cm³/mol. The average molecular weight is 354 g/mol. The van der Waals surface area contributed by atoms with Crippen LogP contribution >= 0.6 is 23.8 Å². The van der Waals surface area contributed by atoms with Crippen LogP contribution in [0, 0.1) is 0 Å². The zero-order chi connectivity index (χ0) is 16.2. The lowest BCUT2D eigenvalue weighted by Gasteiger charge is -2.34. The number of rotatable bonds is 3. The third-order valence-corrected chi connectivity index (χ3v) is 5.11. The molecule has 2 heterocycles. The minimum Gasteiger partial charge on any atom is -0.360 e. The molecule has 1 aliphatic carbocycles. The second kappa shape index (κ2) is 7.62. The second-order valence-corrected chi connectivity index (χ2v) is 7.29. The molecule has 2 fully saturated rings.